The highest BCUT2D eigenvalue weighted by atomic mass is 32.2. The number of carbonyl (C=O) groups is 1. The van der Waals surface area contributed by atoms with Crippen molar-refractivity contribution in [2.24, 2.45) is 0 Å². The number of carboxylic acids is 1. The van der Waals surface area contributed by atoms with Crippen molar-refractivity contribution < 1.29 is 9.90 Å². The highest BCUT2D eigenvalue weighted by Gasteiger charge is 2.18. The number of imidazole rings is 1. The van der Waals surface area contributed by atoms with Crippen molar-refractivity contribution in [3.63, 3.8) is 0 Å². The van der Waals surface area contributed by atoms with Gasteiger partial charge in [0.05, 0.1) is 16.6 Å². The van der Waals surface area contributed by atoms with Gasteiger partial charge in [0.25, 0.3) is 0 Å². The van der Waals surface area contributed by atoms with Crippen LogP contribution in [0.4, 0.5) is 0 Å². The molecule has 2 rings (SSSR count). The van der Waals surface area contributed by atoms with Crippen molar-refractivity contribution in [1.82, 2.24) is 9.55 Å². The largest absolute Gasteiger partial charge is 0.478 e. The topological polar surface area (TPSA) is 55.1 Å². The molecule has 0 aliphatic rings. The van der Waals surface area contributed by atoms with Gasteiger partial charge in [-0.05, 0) is 24.8 Å². The number of benzene rings is 1. The molecule has 0 saturated heterocycles. The average Bonchev–Trinajstić information content (AvgIpc) is 2.76. The van der Waals surface area contributed by atoms with E-state index in [9.17, 15) is 9.90 Å². The molecular weight excluding hydrogens is 272 g/mol. The number of fused-ring (bicyclic) bond motifs is 1. The molecule has 0 saturated carbocycles. The van der Waals surface area contributed by atoms with Gasteiger partial charge >= 0.3 is 5.97 Å². The summed E-state index contributed by atoms with van der Waals surface area (Å²) in [5.41, 5.74) is 1.87. The number of hydrogen-bond donors (Lipinski definition) is 1. The fourth-order valence-electron chi connectivity index (χ4n) is 2.35. The number of para-hydroxylation sites is 1. The fourth-order valence-corrected chi connectivity index (χ4v) is 2.65. The molecule has 4 nitrogen and oxygen atoms in total. The Hall–Kier alpha value is -1.49. The van der Waals surface area contributed by atoms with Gasteiger partial charge in [-0.2, -0.15) is 11.8 Å². The summed E-state index contributed by atoms with van der Waals surface area (Å²) in [5, 5.41) is 9.81. The molecule has 1 N–H and O–H groups in total. The van der Waals surface area contributed by atoms with Gasteiger partial charge in [0.2, 0.25) is 0 Å². The first-order chi connectivity index (χ1) is 9.58. The van der Waals surface area contributed by atoms with E-state index in [1.165, 1.54) is 0 Å². The van der Waals surface area contributed by atoms with E-state index in [4.69, 9.17) is 0 Å². The predicted molar refractivity (Wildman–Crippen MR) is 83.7 cm³/mol. The lowest BCUT2D eigenvalue weighted by molar-refractivity contribution is 0.0698. The standard InChI is InChI=1S/C15H20N2O2S/c1-4-6-13-16-12-8-5-7-11(15(18)19)14(12)17(13)9-10(2)20-3/h5,7-8,10H,4,6,9H2,1-3H3,(H,18,19). The highest BCUT2D eigenvalue weighted by molar-refractivity contribution is 7.99. The van der Waals surface area contributed by atoms with E-state index in [1.54, 1.807) is 23.9 Å². The number of nitrogens with zero attached hydrogens (tertiary/aromatic N) is 2. The van der Waals surface area contributed by atoms with Gasteiger partial charge < -0.3 is 9.67 Å². The number of carboxylic acid groups (broad SMARTS) is 1. The summed E-state index contributed by atoms with van der Waals surface area (Å²) in [5.74, 6) is 0.0914. The average molecular weight is 292 g/mol. The van der Waals surface area contributed by atoms with Crippen LogP contribution in [-0.4, -0.2) is 32.1 Å². The van der Waals surface area contributed by atoms with Gasteiger partial charge in [-0.3, -0.25) is 0 Å². The molecule has 0 amide bonds. The van der Waals surface area contributed by atoms with Gasteiger partial charge in [-0.15, -0.1) is 0 Å². The lowest BCUT2D eigenvalue weighted by Crippen LogP contribution is -2.13. The third-order valence-electron chi connectivity index (χ3n) is 3.39. The number of aryl methyl sites for hydroxylation is 1. The molecule has 0 fully saturated rings. The van der Waals surface area contributed by atoms with Crippen molar-refractivity contribution in [3.8, 4) is 0 Å². The van der Waals surface area contributed by atoms with Gasteiger partial charge in [-0.1, -0.05) is 19.9 Å². The first-order valence-corrected chi connectivity index (χ1v) is 8.11. The van der Waals surface area contributed by atoms with Crippen molar-refractivity contribution in [3.05, 3.63) is 29.6 Å². The molecule has 1 heterocycles. The Bertz CT molecular complexity index is 622. The maximum atomic E-state index is 11.4. The van der Waals surface area contributed by atoms with Crippen LogP contribution in [0.15, 0.2) is 18.2 Å². The molecule has 1 atom stereocenters. The lowest BCUT2D eigenvalue weighted by Gasteiger charge is -2.14. The maximum Gasteiger partial charge on any atom is 0.337 e. The van der Waals surface area contributed by atoms with E-state index in [0.717, 1.165) is 36.2 Å². The molecular formula is C15H20N2O2S. The van der Waals surface area contributed by atoms with Crippen LogP contribution in [0, 0.1) is 0 Å². The minimum atomic E-state index is -0.892. The Morgan fingerprint density at radius 2 is 2.25 bits per heavy atom. The van der Waals surface area contributed by atoms with Crippen LogP contribution < -0.4 is 0 Å². The van der Waals surface area contributed by atoms with Gasteiger partial charge in [0, 0.05) is 18.2 Å². The zero-order valence-electron chi connectivity index (χ0n) is 12.1. The number of rotatable bonds is 6. The van der Waals surface area contributed by atoms with Crippen molar-refractivity contribution >= 4 is 28.8 Å². The van der Waals surface area contributed by atoms with Crippen LogP contribution in [-0.2, 0) is 13.0 Å². The van der Waals surface area contributed by atoms with Crippen LogP contribution in [0.2, 0.25) is 0 Å². The van der Waals surface area contributed by atoms with E-state index in [-0.39, 0.29) is 0 Å². The molecule has 108 valence electrons. The number of aromatic carboxylic acids is 1. The monoisotopic (exact) mass is 292 g/mol. The Balaban J connectivity index is 2.64. The predicted octanol–water partition coefficient (Wildman–Crippen LogP) is 3.44. The van der Waals surface area contributed by atoms with Crippen molar-refractivity contribution in [1.29, 1.82) is 0 Å². The minimum absolute atomic E-state index is 0.339. The summed E-state index contributed by atoms with van der Waals surface area (Å²) in [4.78, 5) is 16.1. The molecule has 1 aromatic carbocycles. The van der Waals surface area contributed by atoms with Crippen molar-refractivity contribution in [2.75, 3.05) is 6.26 Å². The minimum Gasteiger partial charge on any atom is -0.478 e. The highest BCUT2D eigenvalue weighted by Crippen LogP contribution is 2.23. The molecule has 2 aromatic rings. The Morgan fingerprint density at radius 1 is 1.50 bits per heavy atom. The fraction of sp³-hybridized carbons (Fsp3) is 0.467. The van der Waals surface area contributed by atoms with Gasteiger partial charge in [-0.25, -0.2) is 9.78 Å². The SMILES string of the molecule is CCCc1nc2cccc(C(=O)O)c2n1CC(C)SC. The molecule has 20 heavy (non-hydrogen) atoms. The van der Waals surface area contributed by atoms with E-state index in [1.807, 2.05) is 6.07 Å². The normalized spacial score (nSPS) is 12.8. The second-order valence-corrected chi connectivity index (χ2v) is 6.19. The first kappa shape index (κ1) is 14.9. The number of aromatic nitrogens is 2. The van der Waals surface area contributed by atoms with Crippen LogP contribution in [0.5, 0.6) is 0 Å². The molecule has 0 bridgehead atoms. The molecule has 0 radical (unpaired) electrons. The summed E-state index contributed by atoms with van der Waals surface area (Å²) in [6.45, 7) is 5.05. The summed E-state index contributed by atoms with van der Waals surface area (Å²) in [7, 11) is 0. The second kappa shape index (κ2) is 6.31. The lowest BCUT2D eigenvalue weighted by atomic mass is 10.2. The molecule has 1 unspecified atom stereocenters. The Morgan fingerprint density at radius 3 is 2.85 bits per heavy atom. The van der Waals surface area contributed by atoms with Crippen LogP contribution >= 0.6 is 11.8 Å². The molecule has 1 aromatic heterocycles. The summed E-state index contributed by atoms with van der Waals surface area (Å²) >= 11 is 1.78. The molecule has 0 aliphatic carbocycles. The maximum absolute atomic E-state index is 11.4. The smallest absolute Gasteiger partial charge is 0.337 e. The third-order valence-corrected chi connectivity index (χ3v) is 4.35. The third kappa shape index (κ3) is 2.82. The number of thioether (sulfide) groups is 1. The van der Waals surface area contributed by atoms with E-state index >= 15 is 0 Å². The van der Waals surface area contributed by atoms with E-state index < -0.39 is 5.97 Å². The molecule has 0 aliphatic heterocycles. The zero-order valence-corrected chi connectivity index (χ0v) is 12.9. The Kier molecular flexibility index (Phi) is 4.70. The molecule has 5 heteroatoms. The van der Waals surface area contributed by atoms with Gasteiger partial charge in [0.15, 0.2) is 0 Å². The second-order valence-electron chi connectivity index (χ2n) is 4.91. The van der Waals surface area contributed by atoms with E-state index in [2.05, 4.69) is 29.7 Å². The number of hydrogen-bond acceptors (Lipinski definition) is 3. The Labute approximate surface area is 123 Å². The quantitative estimate of drug-likeness (QED) is 0.886. The first-order valence-electron chi connectivity index (χ1n) is 6.82. The van der Waals surface area contributed by atoms with Crippen LogP contribution in [0.25, 0.3) is 11.0 Å². The zero-order chi connectivity index (χ0) is 14.7. The molecule has 0 spiro atoms. The summed E-state index contributed by atoms with van der Waals surface area (Å²) in [6.07, 6.45) is 3.94. The summed E-state index contributed by atoms with van der Waals surface area (Å²) < 4.78 is 2.09. The van der Waals surface area contributed by atoms with Crippen LogP contribution in [0.1, 0.15) is 36.5 Å². The van der Waals surface area contributed by atoms with E-state index in [0.29, 0.717) is 10.8 Å². The van der Waals surface area contributed by atoms with Crippen LogP contribution in [0.3, 0.4) is 0 Å². The van der Waals surface area contributed by atoms with Gasteiger partial charge in [0.1, 0.15) is 5.82 Å². The van der Waals surface area contributed by atoms with Crippen molar-refractivity contribution in [2.45, 2.75) is 38.5 Å². The summed E-state index contributed by atoms with van der Waals surface area (Å²) in [6, 6.07) is 5.31.